The molecule has 0 saturated carbocycles. The van der Waals surface area contributed by atoms with Crippen LogP contribution < -0.4 is 10.5 Å². The number of piperidine rings is 1. The smallest absolute Gasteiger partial charge is 0.416 e. The zero-order chi connectivity index (χ0) is 21.3. The topological polar surface area (TPSA) is 55.6 Å². The Morgan fingerprint density at radius 2 is 1.70 bits per heavy atom. The number of benzene rings is 3. The molecule has 0 aromatic heterocycles. The number of alkyl halides is 3. The molecule has 1 amide bonds. The fourth-order valence-corrected chi connectivity index (χ4v) is 3.60. The molecule has 0 unspecified atom stereocenters. The van der Waals surface area contributed by atoms with Gasteiger partial charge < -0.3 is 15.4 Å². The number of amides is 1. The maximum absolute atomic E-state index is 12.8. The van der Waals surface area contributed by atoms with Crippen molar-refractivity contribution in [2.75, 3.05) is 13.1 Å². The van der Waals surface area contributed by atoms with Crippen molar-refractivity contribution in [2.24, 2.45) is 5.73 Å². The Morgan fingerprint density at radius 3 is 2.37 bits per heavy atom. The Labute approximate surface area is 172 Å². The first-order valence-electron chi connectivity index (χ1n) is 9.74. The van der Waals surface area contributed by atoms with Crippen LogP contribution in [0, 0.1) is 0 Å². The number of halogens is 3. The van der Waals surface area contributed by atoms with E-state index in [0.717, 1.165) is 35.7 Å². The number of fused-ring (bicyclic) bond motifs is 1. The molecule has 1 aliphatic rings. The number of rotatable bonds is 3. The molecule has 1 aliphatic heterocycles. The Bertz CT molecular complexity index is 1060. The number of likely N-dealkylation sites (tertiary alicyclic amines) is 1. The van der Waals surface area contributed by atoms with E-state index < -0.39 is 11.7 Å². The van der Waals surface area contributed by atoms with Gasteiger partial charge in [-0.15, -0.1) is 0 Å². The van der Waals surface area contributed by atoms with Crippen LogP contribution in [0.5, 0.6) is 11.5 Å². The molecule has 2 N–H and O–H groups in total. The fourth-order valence-electron chi connectivity index (χ4n) is 3.60. The van der Waals surface area contributed by atoms with E-state index in [2.05, 4.69) is 0 Å². The number of ether oxygens (including phenoxy) is 1. The minimum Gasteiger partial charge on any atom is -0.457 e. The maximum Gasteiger partial charge on any atom is 0.416 e. The predicted octanol–water partition coefficient (Wildman–Crippen LogP) is 5.21. The summed E-state index contributed by atoms with van der Waals surface area (Å²) in [7, 11) is 0. The molecule has 0 spiro atoms. The van der Waals surface area contributed by atoms with Gasteiger partial charge in [-0.2, -0.15) is 13.2 Å². The van der Waals surface area contributed by atoms with Crippen molar-refractivity contribution in [1.82, 2.24) is 4.90 Å². The van der Waals surface area contributed by atoms with Crippen molar-refractivity contribution in [3.05, 3.63) is 71.8 Å². The van der Waals surface area contributed by atoms with Gasteiger partial charge in [0.15, 0.2) is 0 Å². The maximum atomic E-state index is 12.8. The van der Waals surface area contributed by atoms with Crippen molar-refractivity contribution >= 4 is 16.7 Å². The zero-order valence-corrected chi connectivity index (χ0v) is 16.2. The van der Waals surface area contributed by atoms with Crippen LogP contribution in [-0.4, -0.2) is 29.9 Å². The number of carbonyl (C=O) groups excluding carboxylic acids is 1. The highest BCUT2D eigenvalue weighted by molar-refractivity contribution is 6.00. The molecule has 3 aromatic carbocycles. The second kappa shape index (κ2) is 7.99. The molecule has 3 aromatic rings. The number of nitrogens with zero attached hydrogens (tertiary/aromatic N) is 1. The molecule has 0 bridgehead atoms. The molecule has 7 heteroatoms. The minimum absolute atomic E-state index is 0.0298. The van der Waals surface area contributed by atoms with Crippen LogP contribution in [0.15, 0.2) is 60.7 Å². The third-order valence-corrected chi connectivity index (χ3v) is 5.32. The first-order chi connectivity index (χ1) is 14.3. The van der Waals surface area contributed by atoms with Gasteiger partial charge in [-0.1, -0.05) is 12.1 Å². The van der Waals surface area contributed by atoms with Gasteiger partial charge >= 0.3 is 6.18 Å². The second-order valence-electron chi connectivity index (χ2n) is 7.45. The first kappa shape index (κ1) is 20.2. The fraction of sp³-hybridized carbons (Fsp3) is 0.261. The number of hydrogen-bond acceptors (Lipinski definition) is 3. The number of carbonyl (C=O) groups is 1. The molecular weight excluding hydrogens is 393 g/mol. The summed E-state index contributed by atoms with van der Waals surface area (Å²) in [6.45, 7) is 1.30. The standard InChI is InChI=1S/C23H21F3N2O2/c24-23(25,26)17-5-7-19(8-6-17)30-21-3-1-2-15-14-16(4-9-20(15)21)22(29)28-12-10-18(27)11-13-28/h1-9,14,18H,10-13,27H2. The molecule has 156 valence electrons. The Kier molecular flexibility index (Phi) is 5.39. The van der Waals surface area contributed by atoms with Gasteiger partial charge in [-0.05, 0) is 66.8 Å². The predicted molar refractivity (Wildman–Crippen MR) is 109 cm³/mol. The lowest BCUT2D eigenvalue weighted by Crippen LogP contribution is -2.42. The Balaban J connectivity index is 1.56. The summed E-state index contributed by atoms with van der Waals surface area (Å²) in [5.41, 5.74) is 5.77. The molecule has 1 heterocycles. The molecule has 0 radical (unpaired) electrons. The first-order valence-corrected chi connectivity index (χ1v) is 9.74. The third-order valence-electron chi connectivity index (χ3n) is 5.32. The largest absolute Gasteiger partial charge is 0.457 e. The van der Waals surface area contributed by atoms with Crippen LogP contribution in [0.4, 0.5) is 13.2 Å². The number of nitrogens with two attached hydrogens (primary N) is 1. The normalized spacial score (nSPS) is 15.4. The van der Waals surface area contributed by atoms with Crippen molar-refractivity contribution in [2.45, 2.75) is 25.1 Å². The Hall–Kier alpha value is -3.06. The highest BCUT2D eigenvalue weighted by Crippen LogP contribution is 2.34. The van der Waals surface area contributed by atoms with Crippen LogP contribution in [0.1, 0.15) is 28.8 Å². The van der Waals surface area contributed by atoms with Gasteiger partial charge in [0.1, 0.15) is 11.5 Å². The summed E-state index contributed by atoms with van der Waals surface area (Å²) < 4.78 is 44.0. The summed E-state index contributed by atoms with van der Waals surface area (Å²) in [6, 6.07) is 15.5. The lowest BCUT2D eigenvalue weighted by Gasteiger charge is -2.30. The summed E-state index contributed by atoms with van der Waals surface area (Å²) in [6.07, 6.45) is -2.80. The molecule has 4 nitrogen and oxygen atoms in total. The van der Waals surface area contributed by atoms with E-state index in [4.69, 9.17) is 10.5 Å². The highest BCUT2D eigenvalue weighted by Gasteiger charge is 2.30. The minimum atomic E-state index is -4.39. The van der Waals surface area contributed by atoms with E-state index >= 15 is 0 Å². The van der Waals surface area contributed by atoms with E-state index in [-0.39, 0.29) is 11.9 Å². The van der Waals surface area contributed by atoms with Crippen LogP contribution in [0.3, 0.4) is 0 Å². The SMILES string of the molecule is NC1CCN(C(=O)c2ccc3c(Oc4ccc(C(F)(F)F)cc4)cccc3c2)CC1. The zero-order valence-electron chi connectivity index (χ0n) is 16.2. The second-order valence-corrected chi connectivity index (χ2v) is 7.45. The Morgan fingerprint density at radius 1 is 1.00 bits per heavy atom. The molecule has 1 fully saturated rings. The van der Waals surface area contributed by atoms with E-state index in [1.54, 1.807) is 24.3 Å². The van der Waals surface area contributed by atoms with Gasteiger partial charge in [0.05, 0.1) is 5.56 Å². The average Bonchev–Trinajstić information content (AvgIpc) is 2.73. The average molecular weight is 414 g/mol. The van der Waals surface area contributed by atoms with E-state index in [1.165, 1.54) is 12.1 Å². The lowest BCUT2D eigenvalue weighted by atomic mass is 10.0. The summed E-state index contributed by atoms with van der Waals surface area (Å²) in [5.74, 6) is 0.786. The van der Waals surface area contributed by atoms with Crippen LogP contribution >= 0.6 is 0 Å². The monoisotopic (exact) mass is 414 g/mol. The molecular formula is C23H21F3N2O2. The van der Waals surface area contributed by atoms with Crippen LogP contribution in [0.25, 0.3) is 10.8 Å². The van der Waals surface area contributed by atoms with Gasteiger partial charge in [0, 0.05) is 30.1 Å². The summed E-state index contributed by atoms with van der Waals surface area (Å²) in [5, 5.41) is 1.59. The van der Waals surface area contributed by atoms with Crippen molar-refractivity contribution in [3.63, 3.8) is 0 Å². The highest BCUT2D eigenvalue weighted by atomic mass is 19.4. The van der Waals surface area contributed by atoms with E-state index in [1.807, 2.05) is 17.0 Å². The van der Waals surface area contributed by atoms with Crippen LogP contribution in [0.2, 0.25) is 0 Å². The van der Waals surface area contributed by atoms with Gasteiger partial charge in [0.2, 0.25) is 0 Å². The molecule has 0 aliphatic carbocycles. The summed E-state index contributed by atoms with van der Waals surface area (Å²) >= 11 is 0. The van der Waals surface area contributed by atoms with Gasteiger partial charge in [-0.3, -0.25) is 4.79 Å². The van der Waals surface area contributed by atoms with Crippen molar-refractivity contribution in [3.8, 4) is 11.5 Å². The van der Waals surface area contributed by atoms with Gasteiger partial charge in [-0.25, -0.2) is 0 Å². The lowest BCUT2D eigenvalue weighted by molar-refractivity contribution is -0.137. The van der Waals surface area contributed by atoms with E-state index in [0.29, 0.717) is 30.2 Å². The quantitative estimate of drug-likeness (QED) is 0.640. The molecule has 0 atom stereocenters. The van der Waals surface area contributed by atoms with E-state index in [9.17, 15) is 18.0 Å². The molecule has 4 rings (SSSR count). The van der Waals surface area contributed by atoms with Crippen molar-refractivity contribution in [1.29, 1.82) is 0 Å². The molecule has 1 saturated heterocycles. The van der Waals surface area contributed by atoms with Crippen LogP contribution in [-0.2, 0) is 6.18 Å². The van der Waals surface area contributed by atoms with Crippen molar-refractivity contribution < 1.29 is 22.7 Å². The summed E-state index contributed by atoms with van der Waals surface area (Å²) in [4.78, 5) is 14.6. The van der Waals surface area contributed by atoms with Gasteiger partial charge in [0.25, 0.3) is 5.91 Å². The number of hydrogen-bond donors (Lipinski definition) is 1. The third kappa shape index (κ3) is 4.26. The molecule has 30 heavy (non-hydrogen) atoms.